The van der Waals surface area contributed by atoms with Crippen molar-refractivity contribution >= 4 is 5.97 Å². The van der Waals surface area contributed by atoms with Crippen LogP contribution < -0.4 is 0 Å². The molecule has 1 saturated carbocycles. The van der Waals surface area contributed by atoms with Crippen LogP contribution in [0.25, 0.3) is 11.3 Å². The van der Waals surface area contributed by atoms with Crippen molar-refractivity contribution in [1.29, 1.82) is 0 Å². The normalized spacial score (nSPS) is 22.3. The standard InChI is InChI=1S/C20H14F2N4O2/c21-12-2-1-3-13(22)17(12)14-6-11-10-4-5-20(7-10,18(11)26-25-14)16-9-23-8-15(24-16)19(27)28/h1-3,6,8-10H,4-5,7H2,(H,27,28)/t10-,20+/m1/s1. The molecule has 6 nitrogen and oxygen atoms in total. The number of aromatic nitrogens is 4. The molecule has 140 valence electrons. The highest BCUT2D eigenvalue weighted by molar-refractivity contribution is 5.84. The average molecular weight is 380 g/mol. The number of aromatic carboxylic acids is 1. The fourth-order valence-electron chi connectivity index (χ4n) is 4.53. The first-order valence-electron chi connectivity index (χ1n) is 8.88. The van der Waals surface area contributed by atoms with Crippen LogP contribution in [0.15, 0.2) is 36.7 Å². The van der Waals surface area contributed by atoms with Gasteiger partial charge in [-0.25, -0.2) is 18.6 Å². The number of rotatable bonds is 3. The molecule has 0 saturated heterocycles. The summed E-state index contributed by atoms with van der Waals surface area (Å²) in [5.74, 6) is -2.36. The molecule has 0 spiro atoms. The van der Waals surface area contributed by atoms with Gasteiger partial charge in [-0.2, -0.15) is 5.10 Å². The number of carbonyl (C=O) groups is 1. The second kappa shape index (κ2) is 5.85. The minimum atomic E-state index is -1.14. The van der Waals surface area contributed by atoms with Gasteiger partial charge in [0.1, 0.15) is 11.6 Å². The first kappa shape index (κ1) is 16.9. The van der Waals surface area contributed by atoms with Crippen molar-refractivity contribution in [3.8, 4) is 11.3 Å². The van der Waals surface area contributed by atoms with Gasteiger partial charge in [0.25, 0.3) is 0 Å². The molecule has 1 aromatic carbocycles. The molecule has 3 aromatic rings. The third-order valence-corrected chi connectivity index (χ3v) is 5.79. The highest BCUT2D eigenvalue weighted by atomic mass is 19.1. The van der Waals surface area contributed by atoms with Crippen LogP contribution in [0.1, 0.15) is 52.6 Å². The van der Waals surface area contributed by atoms with E-state index in [2.05, 4.69) is 20.2 Å². The average Bonchev–Trinajstić information content (AvgIpc) is 3.27. The molecule has 2 heterocycles. The number of hydrogen-bond donors (Lipinski definition) is 1. The van der Waals surface area contributed by atoms with Crippen LogP contribution >= 0.6 is 0 Å². The summed E-state index contributed by atoms with van der Waals surface area (Å²) in [6, 6.07) is 5.38. The summed E-state index contributed by atoms with van der Waals surface area (Å²) in [6.45, 7) is 0. The monoisotopic (exact) mass is 380 g/mol. The molecule has 2 bridgehead atoms. The van der Waals surface area contributed by atoms with E-state index in [9.17, 15) is 18.7 Å². The van der Waals surface area contributed by atoms with Crippen molar-refractivity contribution in [2.24, 2.45) is 0 Å². The van der Waals surface area contributed by atoms with Gasteiger partial charge in [-0.05, 0) is 48.9 Å². The topological polar surface area (TPSA) is 88.9 Å². The Morgan fingerprint density at radius 2 is 1.96 bits per heavy atom. The van der Waals surface area contributed by atoms with E-state index in [4.69, 9.17) is 0 Å². The number of nitrogens with zero attached hydrogens (tertiary/aromatic N) is 4. The largest absolute Gasteiger partial charge is 0.476 e. The molecule has 28 heavy (non-hydrogen) atoms. The van der Waals surface area contributed by atoms with Crippen LogP contribution in [0.5, 0.6) is 0 Å². The van der Waals surface area contributed by atoms with E-state index >= 15 is 0 Å². The van der Waals surface area contributed by atoms with Gasteiger partial charge in [0.05, 0.1) is 34.3 Å². The minimum Gasteiger partial charge on any atom is -0.476 e. The summed E-state index contributed by atoms with van der Waals surface area (Å²) in [4.78, 5) is 19.6. The van der Waals surface area contributed by atoms with Crippen LogP contribution in [0.3, 0.4) is 0 Å². The SMILES string of the molecule is O=C(O)c1cncc([C@]23CC[C@H](C2)c2cc(-c4c(F)cccc4F)nnc23)n1. The Kier molecular flexibility index (Phi) is 3.52. The molecule has 2 aliphatic rings. The first-order chi connectivity index (χ1) is 13.5. The molecule has 5 rings (SSSR count). The highest BCUT2D eigenvalue weighted by Gasteiger charge is 2.53. The van der Waals surface area contributed by atoms with E-state index in [1.54, 1.807) is 12.3 Å². The Bertz CT molecular complexity index is 1120. The van der Waals surface area contributed by atoms with Crippen LogP contribution in [-0.2, 0) is 5.41 Å². The molecular weight excluding hydrogens is 366 g/mol. The summed E-state index contributed by atoms with van der Waals surface area (Å²) in [5, 5.41) is 17.6. The maximum atomic E-state index is 14.2. The van der Waals surface area contributed by atoms with Crippen LogP contribution in [-0.4, -0.2) is 31.2 Å². The fraction of sp³-hybridized carbons (Fsp3) is 0.250. The van der Waals surface area contributed by atoms with E-state index in [0.29, 0.717) is 17.8 Å². The number of carboxylic acid groups (broad SMARTS) is 1. The number of benzene rings is 1. The van der Waals surface area contributed by atoms with Gasteiger partial charge in [0.15, 0.2) is 5.69 Å². The number of fused-ring (bicyclic) bond motifs is 5. The van der Waals surface area contributed by atoms with Crippen molar-refractivity contribution in [3.63, 3.8) is 0 Å². The van der Waals surface area contributed by atoms with Gasteiger partial charge in [-0.15, -0.1) is 5.10 Å². The van der Waals surface area contributed by atoms with E-state index in [1.807, 2.05) is 0 Å². The second-order valence-corrected chi connectivity index (χ2v) is 7.25. The molecule has 0 aliphatic heterocycles. The lowest BCUT2D eigenvalue weighted by atomic mass is 9.80. The van der Waals surface area contributed by atoms with Crippen molar-refractivity contribution in [2.45, 2.75) is 30.6 Å². The summed E-state index contributed by atoms with van der Waals surface area (Å²) < 4.78 is 28.3. The van der Waals surface area contributed by atoms with Gasteiger partial charge in [0.2, 0.25) is 0 Å². The van der Waals surface area contributed by atoms with Crippen molar-refractivity contribution in [3.05, 3.63) is 70.9 Å². The molecule has 1 fully saturated rings. The third kappa shape index (κ3) is 2.27. The zero-order valence-electron chi connectivity index (χ0n) is 14.6. The van der Waals surface area contributed by atoms with Crippen LogP contribution in [0.2, 0.25) is 0 Å². The molecule has 2 atom stereocenters. The Labute approximate surface area is 158 Å². The van der Waals surface area contributed by atoms with E-state index in [-0.39, 0.29) is 22.9 Å². The van der Waals surface area contributed by atoms with Gasteiger partial charge >= 0.3 is 5.97 Å². The van der Waals surface area contributed by atoms with Gasteiger partial charge in [0, 0.05) is 6.20 Å². The summed E-state index contributed by atoms with van der Waals surface area (Å²) in [5.41, 5.74) is 1.42. The minimum absolute atomic E-state index is 0.123. The molecule has 0 radical (unpaired) electrons. The van der Waals surface area contributed by atoms with E-state index in [1.165, 1.54) is 24.4 Å². The maximum absolute atomic E-state index is 14.2. The Hall–Kier alpha value is -3.29. The third-order valence-electron chi connectivity index (χ3n) is 5.79. The Morgan fingerprint density at radius 1 is 1.18 bits per heavy atom. The van der Waals surface area contributed by atoms with Crippen molar-refractivity contribution < 1.29 is 18.7 Å². The molecule has 8 heteroatoms. The zero-order chi connectivity index (χ0) is 19.5. The molecule has 1 N–H and O–H groups in total. The lowest BCUT2D eigenvalue weighted by Crippen LogP contribution is -2.27. The van der Waals surface area contributed by atoms with Gasteiger partial charge in [-0.3, -0.25) is 4.98 Å². The van der Waals surface area contributed by atoms with E-state index in [0.717, 1.165) is 18.4 Å². The quantitative estimate of drug-likeness (QED) is 0.748. The number of hydrogen-bond acceptors (Lipinski definition) is 5. The molecule has 0 unspecified atom stereocenters. The summed E-state index contributed by atoms with van der Waals surface area (Å²) in [6.07, 6.45) is 5.09. The lowest BCUT2D eigenvalue weighted by Gasteiger charge is -2.26. The zero-order valence-corrected chi connectivity index (χ0v) is 14.6. The predicted molar refractivity (Wildman–Crippen MR) is 93.7 cm³/mol. The fourth-order valence-corrected chi connectivity index (χ4v) is 4.53. The van der Waals surface area contributed by atoms with Crippen molar-refractivity contribution in [1.82, 2.24) is 20.2 Å². The van der Waals surface area contributed by atoms with Gasteiger partial charge in [-0.1, -0.05) is 6.07 Å². The summed E-state index contributed by atoms with van der Waals surface area (Å²) in [7, 11) is 0. The second-order valence-electron chi connectivity index (χ2n) is 7.25. The molecule has 2 aliphatic carbocycles. The lowest BCUT2D eigenvalue weighted by molar-refractivity contribution is 0.0689. The summed E-state index contributed by atoms with van der Waals surface area (Å²) >= 11 is 0. The predicted octanol–water partition coefficient (Wildman–Crippen LogP) is 3.48. The Balaban J connectivity index is 1.64. The Morgan fingerprint density at radius 3 is 2.71 bits per heavy atom. The van der Waals surface area contributed by atoms with E-state index < -0.39 is 23.0 Å². The molecular formula is C20H14F2N4O2. The first-order valence-corrected chi connectivity index (χ1v) is 8.88. The molecule has 0 amide bonds. The van der Waals surface area contributed by atoms with Crippen molar-refractivity contribution in [2.75, 3.05) is 0 Å². The number of halogens is 2. The van der Waals surface area contributed by atoms with Crippen LogP contribution in [0.4, 0.5) is 8.78 Å². The number of carboxylic acids is 1. The highest BCUT2D eigenvalue weighted by Crippen LogP contribution is 2.59. The van der Waals surface area contributed by atoms with Gasteiger partial charge < -0.3 is 5.11 Å². The smallest absolute Gasteiger partial charge is 0.356 e. The maximum Gasteiger partial charge on any atom is 0.356 e. The van der Waals surface area contributed by atoms with Crippen LogP contribution in [0, 0.1) is 11.6 Å². The molecule has 2 aromatic heterocycles.